The van der Waals surface area contributed by atoms with E-state index in [0.717, 1.165) is 5.56 Å². The molecule has 0 saturated carbocycles. The van der Waals surface area contributed by atoms with Crippen LogP contribution in [-0.4, -0.2) is 0 Å². The lowest BCUT2D eigenvalue weighted by atomic mass is 10.2. The molecule has 0 amide bonds. The van der Waals surface area contributed by atoms with Gasteiger partial charge >= 0.3 is 0 Å². The molecule has 53 valence electrons. The van der Waals surface area contributed by atoms with Crippen LogP contribution in [0.25, 0.3) is 0 Å². The summed E-state index contributed by atoms with van der Waals surface area (Å²) in [5.74, 6) is -0.225. The highest BCUT2D eigenvalue weighted by atomic mass is 79.9. The maximum Gasteiger partial charge on any atom is 0.137 e. The van der Waals surface area contributed by atoms with Crippen molar-refractivity contribution in [2.45, 2.75) is 6.42 Å². The van der Waals surface area contributed by atoms with Gasteiger partial charge in [-0.25, -0.2) is 4.39 Å². The highest BCUT2D eigenvalue weighted by Crippen LogP contribution is 2.16. The molecule has 0 fully saturated rings. The van der Waals surface area contributed by atoms with E-state index in [2.05, 4.69) is 22.9 Å². The first-order chi connectivity index (χ1) is 4.74. The fraction of sp³-hybridized carbons (Fsp3) is 0.125. The zero-order valence-electron chi connectivity index (χ0n) is 5.40. The van der Waals surface area contributed by atoms with Crippen molar-refractivity contribution in [3.05, 3.63) is 41.0 Å². The van der Waals surface area contributed by atoms with Crippen molar-refractivity contribution in [2.24, 2.45) is 0 Å². The summed E-state index contributed by atoms with van der Waals surface area (Å²) in [7, 11) is 0. The molecule has 0 unspecified atom stereocenters. The maximum atomic E-state index is 12.6. The van der Waals surface area contributed by atoms with Gasteiger partial charge in [0.05, 0.1) is 4.47 Å². The van der Waals surface area contributed by atoms with Gasteiger partial charge in [0.15, 0.2) is 0 Å². The van der Waals surface area contributed by atoms with Crippen LogP contribution >= 0.6 is 15.9 Å². The molecule has 0 bridgehead atoms. The number of hydrogen-bond acceptors (Lipinski definition) is 0. The molecule has 0 aliphatic carbocycles. The van der Waals surface area contributed by atoms with Crippen LogP contribution in [0.5, 0.6) is 0 Å². The van der Waals surface area contributed by atoms with Crippen molar-refractivity contribution < 1.29 is 4.39 Å². The Kier molecular flexibility index (Phi) is 2.44. The fourth-order valence-corrected chi connectivity index (χ4v) is 1.12. The van der Waals surface area contributed by atoms with Gasteiger partial charge in [0.1, 0.15) is 5.82 Å². The Morgan fingerprint density at radius 2 is 2.20 bits per heavy atom. The lowest BCUT2D eigenvalue weighted by Crippen LogP contribution is -1.82. The summed E-state index contributed by atoms with van der Waals surface area (Å²) in [6.07, 6.45) is 0.693. The minimum Gasteiger partial charge on any atom is -0.206 e. The molecule has 0 spiro atoms. The molecule has 1 rings (SSSR count). The van der Waals surface area contributed by atoms with Crippen LogP contribution < -0.4 is 0 Å². The first kappa shape index (κ1) is 7.73. The number of halogens is 2. The summed E-state index contributed by atoms with van der Waals surface area (Å²) < 4.78 is 13.1. The predicted molar refractivity (Wildman–Crippen MR) is 43.2 cm³/mol. The highest BCUT2D eigenvalue weighted by Gasteiger charge is 1.97. The molecule has 0 heterocycles. The zero-order chi connectivity index (χ0) is 7.56. The normalized spacial score (nSPS) is 9.90. The average Bonchev–Trinajstić information content (AvgIpc) is 1.95. The van der Waals surface area contributed by atoms with Crippen LogP contribution in [0, 0.1) is 12.7 Å². The van der Waals surface area contributed by atoms with Crippen molar-refractivity contribution in [3.8, 4) is 0 Å². The van der Waals surface area contributed by atoms with Gasteiger partial charge in [0.25, 0.3) is 0 Å². The van der Waals surface area contributed by atoms with E-state index in [1.807, 2.05) is 0 Å². The van der Waals surface area contributed by atoms with E-state index in [0.29, 0.717) is 10.9 Å². The van der Waals surface area contributed by atoms with E-state index in [9.17, 15) is 4.39 Å². The Morgan fingerprint density at radius 3 is 2.70 bits per heavy atom. The van der Waals surface area contributed by atoms with Gasteiger partial charge in [-0.15, -0.1) is 0 Å². The standard InChI is InChI=1S/C8H7BrF/c1-2-6-3-4-8(10)7(9)5-6/h3-5H,1-2H2. The van der Waals surface area contributed by atoms with E-state index in [4.69, 9.17) is 0 Å². The van der Waals surface area contributed by atoms with Gasteiger partial charge in [0.2, 0.25) is 0 Å². The van der Waals surface area contributed by atoms with Crippen molar-refractivity contribution in [3.63, 3.8) is 0 Å². The van der Waals surface area contributed by atoms with Crippen LogP contribution in [0.4, 0.5) is 4.39 Å². The molecular formula is C8H7BrF. The number of rotatable bonds is 1. The Balaban J connectivity index is 3.04. The second kappa shape index (κ2) is 3.15. The molecule has 10 heavy (non-hydrogen) atoms. The second-order valence-corrected chi connectivity index (χ2v) is 2.85. The molecule has 2 heteroatoms. The Bertz CT molecular complexity index is 233. The minimum absolute atomic E-state index is 0.225. The van der Waals surface area contributed by atoms with E-state index in [1.165, 1.54) is 6.07 Å². The van der Waals surface area contributed by atoms with Crippen molar-refractivity contribution in [1.82, 2.24) is 0 Å². The fourth-order valence-electron chi connectivity index (χ4n) is 0.695. The zero-order valence-corrected chi connectivity index (χ0v) is 6.99. The predicted octanol–water partition coefficient (Wildman–Crippen LogP) is 2.96. The van der Waals surface area contributed by atoms with Gasteiger partial charge in [0, 0.05) is 0 Å². The molecule has 1 aromatic carbocycles. The van der Waals surface area contributed by atoms with Gasteiger partial charge < -0.3 is 0 Å². The van der Waals surface area contributed by atoms with Crippen LogP contribution in [0.15, 0.2) is 22.7 Å². The molecule has 1 radical (unpaired) electrons. The molecule has 0 aromatic heterocycles. The summed E-state index contributed by atoms with van der Waals surface area (Å²) in [5.41, 5.74) is 1.04. The van der Waals surface area contributed by atoms with E-state index in [-0.39, 0.29) is 5.82 Å². The SMILES string of the molecule is [CH2]Cc1ccc(F)c(Br)c1. The molecule has 0 aliphatic heterocycles. The maximum absolute atomic E-state index is 12.6. The van der Waals surface area contributed by atoms with Crippen LogP contribution in [0.3, 0.4) is 0 Å². The molecule has 0 aliphatic rings. The lowest BCUT2D eigenvalue weighted by molar-refractivity contribution is 0.620. The van der Waals surface area contributed by atoms with E-state index < -0.39 is 0 Å². The van der Waals surface area contributed by atoms with Crippen molar-refractivity contribution >= 4 is 15.9 Å². The van der Waals surface area contributed by atoms with Crippen molar-refractivity contribution in [1.29, 1.82) is 0 Å². The second-order valence-electron chi connectivity index (χ2n) is 2.00. The summed E-state index contributed by atoms with van der Waals surface area (Å²) >= 11 is 3.08. The van der Waals surface area contributed by atoms with Crippen LogP contribution in [0.1, 0.15) is 5.56 Å². The topological polar surface area (TPSA) is 0 Å². The van der Waals surface area contributed by atoms with Gasteiger partial charge in [-0.05, 0) is 47.0 Å². The molecule has 1 aromatic rings. The Hall–Kier alpha value is -0.370. The van der Waals surface area contributed by atoms with Gasteiger partial charge in [-0.3, -0.25) is 0 Å². The third-order valence-corrected chi connectivity index (χ3v) is 1.88. The molecule has 0 nitrogen and oxygen atoms in total. The smallest absolute Gasteiger partial charge is 0.137 e. The Labute approximate surface area is 68.2 Å². The van der Waals surface area contributed by atoms with Gasteiger partial charge in [-0.1, -0.05) is 6.07 Å². The van der Waals surface area contributed by atoms with Gasteiger partial charge in [-0.2, -0.15) is 0 Å². The van der Waals surface area contributed by atoms with Crippen LogP contribution in [0.2, 0.25) is 0 Å². The number of benzene rings is 1. The van der Waals surface area contributed by atoms with Crippen molar-refractivity contribution in [2.75, 3.05) is 0 Å². The lowest BCUT2D eigenvalue weighted by Gasteiger charge is -1.96. The number of hydrogen-bond donors (Lipinski definition) is 0. The van der Waals surface area contributed by atoms with E-state index >= 15 is 0 Å². The Morgan fingerprint density at radius 1 is 1.50 bits per heavy atom. The molecule has 0 saturated heterocycles. The van der Waals surface area contributed by atoms with E-state index in [1.54, 1.807) is 12.1 Å². The molecule has 0 N–H and O–H groups in total. The quantitative estimate of drug-likeness (QED) is 0.656. The molecule has 0 atom stereocenters. The highest BCUT2D eigenvalue weighted by molar-refractivity contribution is 9.10. The summed E-state index contributed by atoms with van der Waals surface area (Å²) in [5, 5.41) is 0. The third kappa shape index (κ3) is 1.57. The average molecular weight is 202 g/mol. The third-order valence-electron chi connectivity index (χ3n) is 1.27. The minimum atomic E-state index is -0.225. The first-order valence-corrected chi connectivity index (χ1v) is 3.76. The summed E-state index contributed by atoms with van der Waals surface area (Å²) in [6.45, 7) is 3.68. The summed E-state index contributed by atoms with van der Waals surface area (Å²) in [4.78, 5) is 0. The molecular weight excluding hydrogens is 195 g/mol. The first-order valence-electron chi connectivity index (χ1n) is 2.97. The van der Waals surface area contributed by atoms with Crippen LogP contribution in [-0.2, 0) is 6.42 Å². The summed E-state index contributed by atoms with van der Waals surface area (Å²) in [6, 6.07) is 4.90. The monoisotopic (exact) mass is 201 g/mol. The largest absolute Gasteiger partial charge is 0.206 e.